The van der Waals surface area contributed by atoms with Gasteiger partial charge in [0.1, 0.15) is 11.5 Å². The fraction of sp³-hybridized carbons (Fsp3) is 0.143. The van der Waals surface area contributed by atoms with Crippen molar-refractivity contribution in [3.63, 3.8) is 0 Å². The zero-order valence-corrected chi connectivity index (χ0v) is 6.86. The molecule has 0 spiro atoms. The predicted octanol–water partition coefficient (Wildman–Crippen LogP) is 2.54. The second-order valence-electron chi connectivity index (χ2n) is 2.17. The number of rotatable bonds is 2. The van der Waals surface area contributed by atoms with Gasteiger partial charge in [-0.2, -0.15) is 0 Å². The zero-order chi connectivity index (χ0) is 10.0. The lowest BCUT2D eigenvalue weighted by Gasteiger charge is -2.00. The van der Waals surface area contributed by atoms with Gasteiger partial charge < -0.3 is 0 Å². The van der Waals surface area contributed by atoms with Crippen LogP contribution in [0.5, 0.6) is 0 Å². The zero-order valence-electron chi connectivity index (χ0n) is 6.10. The maximum absolute atomic E-state index is 12.7. The van der Waals surface area contributed by atoms with Crippen LogP contribution in [-0.2, 0) is 0 Å². The van der Waals surface area contributed by atoms with E-state index in [-0.39, 0.29) is 5.69 Å². The Hall–Kier alpha value is -1.10. The van der Waals surface area contributed by atoms with Crippen LogP contribution in [0, 0.1) is 5.82 Å². The number of hydrogen-bond acceptors (Lipinski definition) is 2. The molecule has 70 valence electrons. The van der Waals surface area contributed by atoms with E-state index in [9.17, 15) is 18.0 Å². The Bertz CT molecular complexity index is 343. The molecule has 0 aliphatic carbocycles. The molecule has 1 aromatic heterocycles. The lowest BCUT2D eigenvalue weighted by Crippen LogP contribution is -1.99. The van der Waals surface area contributed by atoms with E-state index in [2.05, 4.69) is 4.98 Å². The van der Waals surface area contributed by atoms with Crippen molar-refractivity contribution in [2.75, 3.05) is 0 Å². The van der Waals surface area contributed by atoms with E-state index in [0.717, 1.165) is 0 Å². The third-order valence-electron chi connectivity index (χ3n) is 1.32. The largest absolute Gasteiger partial charge is 0.274 e. The fourth-order valence-corrected chi connectivity index (χ4v) is 0.813. The van der Waals surface area contributed by atoms with Crippen molar-refractivity contribution in [2.45, 2.75) is 6.43 Å². The minimum absolute atomic E-state index is 0.386. The minimum atomic E-state index is -2.95. The Morgan fingerprint density at radius 3 is 2.54 bits per heavy atom. The van der Waals surface area contributed by atoms with Gasteiger partial charge in [0.05, 0.1) is 5.56 Å². The third-order valence-corrected chi connectivity index (χ3v) is 1.51. The van der Waals surface area contributed by atoms with E-state index in [1.54, 1.807) is 0 Å². The predicted molar refractivity (Wildman–Crippen MR) is 39.3 cm³/mol. The Morgan fingerprint density at radius 2 is 2.15 bits per heavy atom. The van der Waals surface area contributed by atoms with Crippen molar-refractivity contribution < 1.29 is 18.0 Å². The number of alkyl halides is 2. The van der Waals surface area contributed by atoms with Gasteiger partial charge in [-0.15, -0.1) is 0 Å². The maximum Gasteiger partial charge on any atom is 0.270 e. The molecule has 0 amide bonds. The van der Waals surface area contributed by atoms with Crippen molar-refractivity contribution in [1.29, 1.82) is 0 Å². The van der Waals surface area contributed by atoms with Crippen LogP contribution >= 0.6 is 11.6 Å². The van der Waals surface area contributed by atoms with Crippen LogP contribution in [0.1, 0.15) is 22.5 Å². The molecule has 0 atom stereocenters. The Kier molecular flexibility index (Phi) is 2.87. The molecule has 1 heterocycles. The van der Waals surface area contributed by atoms with Gasteiger partial charge in [0.2, 0.25) is 0 Å². The topological polar surface area (TPSA) is 30.0 Å². The molecule has 0 unspecified atom stereocenters. The first-order chi connectivity index (χ1) is 6.02. The van der Waals surface area contributed by atoms with Crippen molar-refractivity contribution >= 4 is 16.8 Å². The molecule has 0 saturated heterocycles. The molecule has 6 heteroatoms. The van der Waals surface area contributed by atoms with Crippen LogP contribution in [0.2, 0.25) is 0 Å². The molecule has 0 aromatic carbocycles. The molecule has 13 heavy (non-hydrogen) atoms. The SMILES string of the molecule is O=C(Cl)c1cc(F)c(C(F)F)cn1. The first-order valence-electron chi connectivity index (χ1n) is 3.16. The summed E-state index contributed by atoms with van der Waals surface area (Å²) in [6.07, 6.45) is -2.36. The number of carbonyl (C=O) groups is 1. The van der Waals surface area contributed by atoms with Gasteiger partial charge in [-0.25, -0.2) is 13.2 Å². The van der Waals surface area contributed by atoms with E-state index >= 15 is 0 Å². The van der Waals surface area contributed by atoms with Crippen LogP contribution in [-0.4, -0.2) is 10.2 Å². The summed E-state index contributed by atoms with van der Waals surface area (Å²) in [7, 11) is 0. The summed E-state index contributed by atoms with van der Waals surface area (Å²) in [4.78, 5) is 13.7. The first-order valence-corrected chi connectivity index (χ1v) is 3.53. The molecule has 2 nitrogen and oxygen atoms in total. The summed E-state index contributed by atoms with van der Waals surface area (Å²) < 4.78 is 36.7. The smallest absolute Gasteiger partial charge is 0.270 e. The lowest BCUT2D eigenvalue weighted by molar-refractivity contribution is 0.107. The average Bonchev–Trinajstić information content (AvgIpc) is 2.03. The van der Waals surface area contributed by atoms with E-state index in [4.69, 9.17) is 11.6 Å². The van der Waals surface area contributed by atoms with Crippen LogP contribution < -0.4 is 0 Å². The summed E-state index contributed by atoms with van der Waals surface area (Å²) in [5, 5.41) is -0.986. The third kappa shape index (κ3) is 2.18. The highest BCUT2D eigenvalue weighted by Gasteiger charge is 2.15. The van der Waals surface area contributed by atoms with E-state index in [1.165, 1.54) is 0 Å². The molecular formula is C7H3ClF3NO. The van der Waals surface area contributed by atoms with Gasteiger partial charge in [-0.05, 0) is 11.6 Å². The van der Waals surface area contributed by atoms with Crippen LogP contribution in [0.4, 0.5) is 13.2 Å². The molecule has 0 aliphatic rings. The number of halogens is 4. The minimum Gasteiger partial charge on any atom is -0.274 e. The first kappa shape index (κ1) is 9.98. The summed E-state index contributed by atoms with van der Waals surface area (Å²) in [5.41, 5.74) is -1.23. The number of aromatic nitrogens is 1. The second kappa shape index (κ2) is 3.74. The van der Waals surface area contributed by atoms with Gasteiger partial charge in [-0.1, -0.05) is 0 Å². The van der Waals surface area contributed by atoms with Gasteiger partial charge in [-0.3, -0.25) is 9.78 Å². The molecule has 1 rings (SSSR count). The molecule has 0 saturated carbocycles. The highest BCUT2D eigenvalue weighted by atomic mass is 35.5. The normalized spacial score (nSPS) is 10.5. The second-order valence-corrected chi connectivity index (χ2v) is 2.51. The van der Waals surface area contributed by atoms with Crippen molar-refractivity contribution in [3.05, 3.63) is 29.3 Å². The highest BCUT2D eigenvalue weighted by molar-refractivity contribution is 6.67. The standard InChI is InChI=1S/C7H3ClF3NO/c8-6(13)5-1-4(9)3(2-12-5)7(10)11/h1-2,7H. The maximum atomic E-state index is 12.7. The van der Waals surface area contributed by atoms with Gasteiger partial charge in [0.25, 0.3) is 11.7 Å². The van der Waals surface area contributed by atoms with Gasteiger partial charge >= 0.3 is 0 Å². The highest BCUT2D eigenvalue weighted by Crippen LogP contribution is 2.21. The Labute approximate surface area is 76.3 Å². The molecule has 0 fully saturated rings. The molecule has 0 radical (unpaired) electrons. The lowest BCUT2D eigenvalue weighted by atomic mass is 10.2. The summed E-state index contributed by atoms with van der Waals surface area (Å²) in [6.45, 7) is 0. The fourth-order valence-electron chi connectivity index (χ4n) is 0.709. The van der Waals surface area contributed by atoms with Gasteiger partial charge in [0.15, 0.2) is 0 Å². The van der Waals surface area contributed by atoms with Crippen molar-refractivity contribution in [1.82, 2.24) is 4.98 Å². The van der Waals surface area contributed by atoms with E-state index < -0.39 is 23.0 Å². The van der Waals surface area contributed by atoms with Crippen molar-refractivity contribution in [2.24, 2.45) is 0 Å². The Morgan fingerprint density at radius 1 is 1.54 bits per heavy atom. The monoisotopic (exact) mass is 209 g/mol. The average molecular weight is 210 g/mol. The van der Waals surface area contributed by atoms with E-state index in [1.807, 2.05) is 0 Å². The van der Waals surface area contributed by atoms with E-state index in [0.29, 0.717) is 12.3 Å². The van der Waals surface area contributed by atoms with Crippen LogP contribution in [0.25, 0.3) is 0 Å². The molecule has 0 aliphatic heterocycles. The number of carbonyl (C=O) groups excluding carboxylic acids is 1. The summed E-state index contributed by atoms with van der Waals surface area (Å²) >= 11 is 4.95. The molecule has 0 N–H and O–H groups in total. The number of hydrogen-bond donors (Lipinski definition) is 0. The number of nitrogens with zero attached hydrogens (tertiary/aromatic N) is 1. The van der Waals surface area contributed by atoms with Crippen LogP contribution in [0.15, 0.2) is 12.3 Å². The van der Waals surface area contributed by atoms with Crippen LogP contribution in [0.3, 0.4) is 0 Å². The van der Waals surface area contributed by atoms with Crippen molar-refractivity contribution in [3.8, 4) is 0 Å². The molecule has 1 aromatic rings. The quantitative estimate of drug-likeness (QED) is 0.701. The summed E-state index contributed by atoms with van der Waals surface area (Å²) in [6, 6.07) is 0.580. The number of pyridine rings is 1. The summed E-state index contributed by atoms with van der Waals surface area (Å²) in [5.74, 6) is -1.19. The van der Waals surface area contributed by atoms with Gasteiger partial charge in [0, 0.05) is 12.3 Å². The molecular weight excluding hydrogens is 207 g/mol. The Balaban J connectivity index is 3.13. The molecule has 0 bridgehead atoms.